The van der Waals surface area contributed by atoms with Crippen molar-refractivity contribution in [1.82, 2.24) is 19.8 Å². The van der Waals surface area contributed by atoms with Crippen LogP contribution in [0.3, 0.4) is 0 Å². The molecule has 0 N–H and O–H groups in total. The number of fused-ring (bicyclic) bond motifs is 1. The lowest BCUT2D eigenvalue weighted by Gasteiger charge is -2.54. The first-order valence-electron chi connectivity index (χ1n) is 10.2. The second kappa shape index (κ2) is 8.62. The predicted octanol–water partition coefficient (Wildman–Crippen LogP) is 1.56. The van der Waals surface area contributed by atoms with Gasteiger partial charge in [0.1, 0.15) is 12.2 Å². The van der Waals surface area contributed by atoms with Crippen LogP contribution >= 0.6 is 0 Å². The topological polar surface area (TPSA) is 64.2 Å². The minimum Gasteiger partial charge on any atom is -0.332 e. The summed E-state index contributed by atoms with van der Waals surface area (Å²) in [5.74, 6) is 2.12. The van der Waals surface area contributed by atoms with Crippen molar-refractivity contribution in [3.63, 3.8) is 0 Å². The Bertz CT molecular complexity index is 1030. The maximum Gasteiger partial charge on any atom is 0.250 e. The van der Waals surface area contributed by atoms with E-state index in [0.29, 0.717) is 13.0 Å². The van der Waals surface area contributed by atoms with E-state index >= 15 is 0 Å². The molecule has 31 heavy (non-hydrogen) atoms. The minimum absolute atomic E-state index is 0.0478. The Morgan fingerprint density at radius 1 is 1.10 bits per heavy atom. The molecule has 1 unspecified atom stereocenters. The number of rotatable bonds is 5. The molecular weight excluding hydrogens is 392 g/mol. The second-order valence-corrected chi connectivity index (χ2v) is 7.75. The van der Waals surface area contributed by atoms with Crippen molar-refractivity contribution in [2.45, 2.75) is 25.7 Å². The summed E-state index contributed by atoms with van der Waals surface area (Å²) in [6.45, 7) is 2.70. The van der Waals surface area contributed by atoms with E-state index in [0.717, 1.165) is 16.7 Å². The molecule has 0 saturated carbocycles. The number of nitrogens with zero attached hydrogens (tertiary/aromatic N) is 4. The van der Waals surface area contributed by atoms with Crippen molar-refractivity contribution in [2.75, 3.05) is 19.6 Å². The molecule has 2 heterocycles. The van der Waals surface area contributed by atoms with E-state index in [2.05, 4.69) is 5.92 Å². The fourth-order valence-electron chi connectivity index (χ4n) is 4.32. The standard InChI is InChI=1S/C24H24N4O3/c1-3-13-26-16-22(30)28-21(27(26)17-29)15-25(14-20-12-8-7-9-18(20)2)24(31)23(28)19-10-5-4-6-11-19/h1,4-12,17,21,23H,13-16H2,2H3/t21?,23-/m0/s1. The molecule has 2 atom stereocenters. The lowest BCUT2D eigenvalue weighted by Crippen LogP contribution is -2.72. The zero-order valence-electron chi connectivity index (χ0n) is 17.3. The van der Waals surface area contributed by atoms with E-state index in [1.807, 2.05) is 61.5 Å². The number of carbonyl (C=O) groups excluding carboxylic acids is 3. The Morgan fingerprint density at radius 3 is 2.48 bits per heavy atom. The fourth-order valence-corrected chi connectivity index (χ4v) is 4.32. The normalized spacial score (nSPS) is 21.6. The van der Waals surface area contributed by atoms with Gasteiger partial charge in [-0.2, -0.15) is 5.01 Å². The van der Waals surface area contributed by atoms with Gasteiger partial charge in [0.15, 0.2) is 0 Å². The van der Waals surface area contributed by atoms with Crippen LogP contribution in [0.15, 0.2) is 54.6 Å². The van der Waals surface area contributed by atoms with Crippen LogP contribution in [-0.2, 0) is 20.9 Å². The van der Waals surface area contributed by atoms with Gasteiger partial charge in [-0.25, -0.2) is 0 Å². The Morgan fingerprint density at radius 2 is 1.81 bits per heavy atom. The maximum absolute atomic E-state index is 13.6. The average molecular weight is 416 g/mol. The van der Waals surface area contributed by atoms with Crippen LogP contribution in [0.25, 0.3) is 0 Å². The molecule has 3 amide bonds. The van der Waals surface area contributed by atoms with Gasteiger partial charge in [-0.05, 0) is 23.6 Å². The summed E-state index contributed by atoms with van der Waals surface area (Å²) >= 11 is 0. The van der Waals surface area contributed by atoms with Gasteiger partial charge in [0.2, 0.25) is 12.3 Å². The first kappa shape index (κ1) is 20.6. The number of terminal acetylenes is 1. The monoisotopic (exact) mass is 416 g/mol. The van der Waals surface area contributed by atoms with Crippen molar-refractivity contribution in [3.8, 4) is 12.3 Å². The van der Waals surface area contributed by atoms with Crippen LogP contribution in [0.2, 0.25) is 0 Å². The highest BCUT2D eigenvalue weighted by Crippen LogP contribution is 2.34. The molecule has 0 bridgehead atoms. The van der Waals surface area contributed by atoms with Crippen molar-refractivity contribution in [3.05, 3.63) is 71.3 Å². The third-order valence-electron chi connectivity index (χ3n) is 5.89. The summed E-state index contributed by atoms with van der Waals surface area (Å²) in [5.41, 5.74) is 2.82. The second-order valence-electron chi connectivity index (χ2n) is 7.75. The van der Waals surface area contributed by atoms with Crippen molar-refractivity contribution in [2.24, 2.45) is 0 Å². The molecule has 2 aliphatic rings. The third kappa shape index (κ3) is 3.78. The predicted molar refractivity (Wildman–Crippen MR) is 115 cm³/mol. The molecule has 0 radical (unpaired) electrons. The van der Waals surface area contributed by atoms with E-state index in [4.69, 9.17) is 6.42 Å². The van der Waals surface area contributed by atoms with E-state index in [1.54, 1.807) is 9.91 Å². The summed E-state index contributed by atoms with van der Waals surface area (Å²) in [7, 11) is 0. The molecule has 0 aliphatic carbocycles. The van der Waals surface area contributed by atoms with Gasteiger partial charge in [-0.1, -0.05) is 60.5 Å². The number of amides is 3. The lowest BCUT2D eigenvalue weighted by atomic mass is 9.98. The summed E-state index contributed by atoms with van der Waals surface area (Å²) < 4.78 is 0. The summed E-state index contributed by atoms with van der Waals surface area (Å²) in [6.07, 6.45) is 5.51. The molecule has 2 fully saturated rings. The maximum atomic E-state index is 13.6. The molecule has 2 saturated heterocycles. The summed E-state index contributed by atoms with van der Waals surface area (Å²) in [4.78, 5) is 42.0. The first-order chi connectivity index (χ1) is 15.0. The molecule has 2 aromatic rings. The number of aryl methyl sites for hydroxylation is 1. The quantitative estimate of drug-likeness (QED) is 0.548. The molecule has 0 spiro atoms. The van der Waals surface area contributed by atoms with Gasteiger partial charge in [0.05, 0.1) is 19.6 Å². The molecule has 7 nitrogen and oxygen atoms in total. The highest BCUT2D eigenvalue weighted by atomic mass is 16.2. The summed E-state index contributed by atoms with van der Waals surface area (Å²) in [6, 6.07) is 16.3. The third-order valence-corrected chi connectivity index (χ3v) is 5.89. The Balaban J connectivity index is 1.76. The highest BCUT2D eigenvalue weighted by molar-refractivity contribution is 5.91. The molecule has 2 aliphatic heterocycles. The number of carbonyl (C=O) groups is 3. The van der Waals surface area contributed by atoms with Gasteiger partial charge in [-0.3, -0.25) is 19.4 Å². The number of hydrazine groups is 1. The van der Waals surface area contributed by atoms with Crippen LogP contribution in [0.4, 0.5) is 0 Å². The van der Waals surface area contributed by atoms with Gasteiger partial charge in [0, 0.05) is 6.54 Å². The molecule has 2 aromatic carbocycles. The molecule has 0 aromatic heterocycles. The summed E-state index contributed by atoms with van der Waals surface area (Å²) in [5, 5.41) is 3.01. The number of piperazine rings is 1. The lowest BCUT2D eigenvalue weighted by molar-refractivity contribution is -0.199. The largest absolute Gasteiger partial charge is 0.332 e. The average Bonchev–Trinajstić information content (AvgIpc) is 2.77. The van der Waals surface area contributed by atoms with Gasteiger partial charge >= 0.3 is 0 Å². The van der Waals surface area contributed by atoms with Gasteiger partial charge in [0.25, 0.3) is 5.91 Å². The highest BCUT2D eigenvalue weighted by Gasteiger charge is 2.50. The minimum atomic E-state index is -0.799. The Labute approximate surface area is 181 Å². The van der Waals surface area contributed by atoms with Crippen molar-refractivity contribution in [1.29, 1.82) is 0 Å². The zero-order chi connectivity index (χ0) is 22.0. The van der Waals surface area contributed by atoms with Crippen molar-refractivity contribution < 1.29 is 14.4 Å². The van der Waals surface area contributed by atoms with Crippen molar-refractivity contribution >= 4 is 18.2 Å². The number of benzene rings is 2. The molecule has 158 valence electrons. The zero-order valence-corrected chi connectivity index (χ0v) is 17.3. The van der Waals surface area contributed by atoms with Gasteiger partial charge in [-0.15, -0.1) is 6.42 Å². The molecule has 4 rings (SSSR count). The molecule has 7 heteroatoms. The van der Waals surface area contributed by atoms with Crippen LogP contribution in [0, 0.1) is 19.3 Å². The SMILES string of the molecule is C#CCN1CC(=O)N2C(CN(Cc3ccccc3C)C(=O)[C@@H]2c2ccccc2)N1C=O. The van der Waals surface area contributed by atoms with Crippen LogP contribution in [0.5, 0.6) is 0 Å². The van der Waals surface area contributed by atoms with E-state index in [-0.39, 0.29) is 31.4 Å². The van der Waals surface area contributed by atoms with E-state index in [9.17, 15) is 14.4 Å². The van der Waals surface area contributed by atoms with Gasteiger partial charge < -0.3 is 9.80 Å². The first-order valence-corrected chi connectivity index (χ1v) is 10.2. The van der Waals surface area contributed by atoms with Crippen LogP contribution in [0.1, 0.15) is 22.7 Å². The number of hydrogen-bond acceptors (Lipinski definition) is 4. The van der Waals surface area contributed by atoms with E-state index in [1.165, 1.54) is 9.91 Å². The Hall–Kier alpha value is -3.63. The van der Waals surface area contributed by atoms with Crippen LogP contribution in [-0.4, -0.2) is 63.8 Å². The van der Waals surface area contributed by atoms with Crippen LogP contribution < -0.4 is 0 Å². The fraction of sp³-hybridized carbons (Fsp3) is 0.292. The molecular formula is C24H24N4O3. The number of hydrogen-bond donors (Lipinski definition) is 0. The Kier molecular flexibility index (Phi) is 5.74. The van der Waals surface area contributed by atoms with E-state index < -0.39 is 12.2 Å². The smallest absolute Gasteiger partial charge is 0.250 e.